The molecule has 0 radical (unpaired) electrons. The molecule has 3 heteroatoms. The Hall–Kier alpha value is -2.03. The summed E-state index contributed by atoms with van der Waals surface area (Å²) >= 11 is 0. The Morgan fingerprint density at radius 2 is 1.77 bits per heavy atom. The van der Waals surface area contributed by atoms with Gasteiger partial charge < -0.3 is 10.3 Å². The Morgan fingerprint density at radius 1 is 1.18 bits per heavy atom. The molecule has 2 aromatic rings. The monoisotopic (exact) mass is 298 g/mol. The normalized spacial score (nSPS) is 12.6. The topological polar surface area (TPSA) is 48.0 Å². The number of benzene rings is 1. The van der Waals surface area contributed by atoms with E-state index in [1.165, 1.54) is 5.69 Å². The number of nitrogens with zero attached hydrogens (tertiary/aromatic N) is 1. The predicted molar refractivity (Wildman–Crippen MR) is 92.0 cm³/mol. The van der Waals surface area contributed by atoms with Crippen LogP contribution < -0.4 is 5.73 Å². The van der Waals surface area contributed by atoms with Gasteiger partial charge in [-0.05, 0) is 31.7 Å². The zero-order valence-corrected chi connectivity index (χ0v) is 14.2. The van der Waals surface area contributed by atoms with E-state index in [-0.39, 0.29) is 5.91 Å². The summed E-state index contributed by atoms with van der Waals surface area (Å²) in [6, 6.07) is 10.4. The van der Waals surface area contributed by atoms with E-state index < -0.39 is 0 Å². The van der Waals surface area contributed by atoms with Crippen molar-refractivity contribution in [2.75, 3.05) is 0 Å². The van der Waals surface area contributed by atoms with Gasteiger partial charge in [0, 0.05) is 23.0 Å². The number of rotatable bonds is 5. The number of carbonyl (C=O) groups excluding carboxylic acids is 1. The van der Waals surface area contributed by atoms with Gasteiger partial charge in [-0.2, -0.15) is 0 Å². The van der Waals surface area contributed by atoms with Crippen LogP contribution in [0.1, 0.15) is 55.5 Å². The van der Waals surface area contributed by atoms with Crippen LogP contribution in [0.5, 0.6) is 0 Å². The Labute approximate surface area is 133 Å². The highest BCUT2D eigenvalue weighted by atomic mass is 16.1. The van der Waals surface area contributed by atoms with E-state index in [1.54, 1.807) is 0 Å². The van der Waals surface area contributed by atoms with E-state index in [0.29, 0.717) is 17.5 Å². The molecule has 118 valence electrons. The van der Waals surface area contributed by atoms with Crippen molar-refractivity contribution in [2.24, 2.45) is 11.7 Å². The number of aromatic nitrogens is 1. The molecule has 1 aromatic carbocycles. The third kappa shape index (κ3) is 2.68. The summed E-state index contributed by atoms with van der Waals surface area (Å²) < 4.78 is 2.30. The summed E-state index contributed by atoms with van der Waals surface area (Å²) in [5.74, 6) is 0.140. The molecule has 0 aliphatic heterocycles. The van der Waals surface area contributed by atoms with Gasteiger partial charge in [0.15, 0.2) is 0 Å². The summed E-state index contributed by atoms with van der Waals surface area (Å²) in [6.07, 6.45) is 0.870. The van der Waals surface area contributed by atoms with Crippen LogP contribution >= 0.6 is 0 Å². The zero-order valence-electron chi connectivity index (χ0n) is 14.2. The van der Waals surface area contributed by atoms with Gasteiger partial charge in [-0.25, -0.2) is 0 Å². The van der Waals surface area contributed by atoms with E-state index in [0.717, 1.165) is 23.2 Å². The molecule has 0 aliphatic rings. The first-order valence-electron chi connectivity index (χ1n) is 7.98. The smallest absolute Gasteiger partial charge is 0.251 e. The number of carbonyl (C=O) groups is 1. The van der Waals surface area contributed by atoms with Crippen LogP contribution in [0.15, 0.2) is 30.3 Å². The number of nitrogens with two attached hydrogens (primary N) is 1. The van der Waals surface area contributed by atoms with E-state index in [9.17, 15) is 4.79 Å². The SMILES string of the molecule is CCc1c(-c2ccccc2)c(C(N)=O)c(C)n1C(C)C(C)C. The van der Waals surface area contributed by atoms with Crippen molar-refractivity contribution in [2.45, 2.75) is 47.1 Å². The van der Waals surface area contributed by atoms with Gasteiger partial charge >= 0.3 is 0 Å². The number of amides is 1. The highest BCUT2D eigenvalue weighted by Gasteiger charge is 2.26. The maximum absolute atomic E-state index is 12.1. The summed E-state index contributed by atoms with van der Waals surface area (Å²) in [5.41, 5.74) is 10.6. The van der Waals surface area contributed by atoms with Crippen LogP contribution in [0.3, 0.4) is 0 Å². The minimum Gasteiger partial charge on any atom is -0.366 e. The number of primary amides is 1. The van der Waals surface area contributed by atoms with Crippen LogP contribution in [0, 0.1) is 12.8 Å². The molecule has 1 aromatic heterocycles. The molecule has 2 rings (SSSR count). The molecule has 0 saturated carbocycles. The standard InChI is InChI=1S/C19H26N2O/c1-6-16-18(15-10-8-7-9-11-15)17(19(20)22)14(5)21(16)13(4)12(2)3/h7-13H,6H2,1-5H3,(H2,20,22). The second-order valence-corrected chi connectivity index (χ2v) is 6.22. The van der Waals surface area contributed by atoms with Crippen molar-refractivity contribution in [3.8, 4) is 11.1 Å². The summed E-state index contributed by atoms with van der Waals surface area (Å²) in [5, 5.41) is 0. The number of hydrogen-bond donors (Lipinski definition) is 1. The van der Waals surface area contributed by atoms with Gasteiger partial charge in [-0.15, -0.1) is 0 Å². The first-order chi connectivity index (χ1) is 10.4. The van der Waals surface area contributed by atoms with Gasteiger partial charge in [0.05, 0.1) is 5.56 Å². The Bertz CT molecular complexity index is 668. The molecule has 3 nitrogen and oxygen atoms in total. The van der Waals surface area contributed by atoms with Gasteiger partial charge in [0.25, 0.3) is 5.91 Å². The van der Waals surface area contributed by atoms with Crippen molar-refractivity contribution in [1.82, 2.24) is 4.57 Å². The molecule has 1 atom stereocenters. The van der Waals surface area contributed by atoms with Crippen molar-refractivity contribution in [3.63, 3.8) is 0 Å². The molecule has 22 heavy (non-hydrogen) atoms. The van der Waals surface area contributed by atoms with Crippen LogP contribution in [0.4, 0.5) is 0 Å². The lowest BCUT2D eigenvalue weighted by Crippen LogP contribution is -2.17. The molecule has 0 spiro atoms. The van der Waals surface area contributed by atoms with Crippen molar-refractivity contribution < 1.29 is 4.79 Å². The zero-order chi connectivity index (χ0) is 16.4. The minimum absolute atomic E-state index is 0.325. The lowest BCUT2D eigenvalue weighted by molar-refractivity contribution is 0.1000. The van der Waals surface area contributed by atoms with Crippen LogP contribution in [-0.4, -0.2) is 10.5 Å². The summed E-state index contributed by atoms with van der Waals surface area (Å²) in [4.78, 5) is 12.1. The molecule has 1 heterocycles. The fraction of sp³-hybridized carbons (Fsp3) is 0.421. The molecule has 1 unspecified atom stereocenters. The van der Waals surface area contributed by atoms with E-state index in [4.69, 9.17) is 5.73 Å². The van der Waals surface area contributed by atoms with E-state index >= 15 is 0 Å². The maximum atomic E-state index is 12.1. The highest BCUT2D eigenvalue weighted by molar-refractivity contribution is 6.02. The summed E-state index contributed by atoms with van der Waals surface area (Å²) in [6.45, 7) is 10.8. The fourth-order valence-corrected chi connectivity index (χ4v) is 3.18. The van der Waals surface area contributed by atoms with Crippen molar-refractivity contribution in [1.29, 1.82) is 0 Å². The molecule has 0 saturated heterocycles. The van der Waals surface area contributed by atoms with Crippen LogP contribution in [0.2, 0.25) is 0 Å². The molecule has 0 bridgehead atoms. The first kappa shape index (κ1) is 16.3. The summed E-state index contributed by atoms with van der Waals surface area (Å²) in [7, 11) is 0. The third-order valence-electron chi connectivity index (χ3n) is 4.57. The Morgan fingerprint density at radius 3 is 2.23 bits per heavy atom. The molecule has 1 amide bonds. The molecule has 0 aliphatic carbocycles. The van der Waals surface area contributed by atoms with Gasteiger partial charge in [0.2, 0.25) is 0 Å². The first-order valence-corrected chi connectivity index (χ1v) is 7.98. The Balaban J connectivity index is 2.82. The Kier molecular flexibility index (Phi) is 4.74. The van der Waals surface area contributed by atoms with Gasteiger partial charge in [0.1, 0.15) is 0 Å². The van der Waals surface area contributed by atoms with Gasteiger partial charge in [-0.1, -0.05) is 51.1 Å². The minimum atomic E-state index is -0.347. The maximum Gasteiger partial charge on any atom is 0.251 e. The lowest BCUT2D eigenvalue weighted by Gasteiger charge is -2.23. The third-order valence-corrected chi connectivity index (χ3v) is 4.57. The van der Waals surface area contributed by atoms with Crippen molar-refractivity contribution in [3.05, 3.63) is 47.3 Å². The molecular weight excluding hydrogens is 272 g/mol. The lowest BCUT2D eigenvalue weighted by atomic mass is 9.99. The largest absolute Gasteiger partial charge is 0.366 e. The van der Waals surface area contributed by atoms with E-state index in [1.807, 2.05) is 37.3 Å². The quantitative estimate of drug-likeness (QED) is 0.877. The highest BCUT2D eigenvalue weighted by Crippen LogP contribution is 2.36. The predicted octanol–water partition coefficient (Wildman–Crippen LogP) is 4.34. The second-order valence-electron chi connectivity index (χ2n) is 6.22. The van der Waals surface area contributed by atoms with E-state index in [2.05, 4.69) is 32.3 Å². The molecule has 0 fully saturated rings. The van der Waals surface area contributed by atoms with Crippen LogP contribution in [0.25, 0.3) is 11.1 Å². The average molecular weight is 298 g/mol. The van der Waals surface area contributed by atoms with Crippen LogP contribution in [-0.2, 0) is 6.42 Å². The van der Waals surface area contributed by atoms with Crippen molar-refractivity contribution >= 4 is 5.91 Å². The number of hydrogen-bond acceptors (Lipinski definition) is 1. The fourth-order valence-electron chi connectivity index (χ4n) is 3.18. The second kappa shape index (κ2) is 6.39. The molecule has 2 N–H and O–H groups in total. The van der Waals surface area contributed by atoms with Gasteiger partial charge in [-0.3, -0.25) is 4.79 Å². The molecular formula is C19H26N2O. The average Bonchev–Trinajstić information content (AvgIpc) is 2.79.